The number of carbonyl (C=O) groups excluding carboxylic acids is 2. The lowest BCUT2D eigenvalue weighted by molar-refractivity contribution is -0.150. The number of alkyl halides is 3. The largest absolute Gasteiger partial charge is 0.480 e. The van der Waals surface area contributed by atoms with E-state index in [-0.39, 0.29) is 12.2 Å². The molecule has 1 aromatic carbocycles. The molecule has 0 spiro atoms. The van der Waals surface area contributed by atoms with E-state index in [0.717, 1.165) is 12.1 Å². The highest BCUT2D eigenvalue weighted by Crippen LogP contribution is 2.29. The van der Waals surface area contributed by atoms with Crippen LogP contribution in [-0.2, 0) is 25.3 Å². The Morgan fingerprint density at radius 1 is 1.20 bits per heavy atom. The number of aliphatic hydroxyl groups is 1. The summed E-state index contributed by atoms with van der Waals surface area (Å²) in [6.07, 6.45) is -7.12. The van der Waals surface area contributed by atoms with Gasteiger partial charge in [-0.2, -0.15) is 13.2 Å². The lowest BCUT2D eigenvalue weighted by Gasteiger charge is -2.17. The maximum Gasteiger partial charge on any atom is 0.416 e. The van der Waals surface area contributed by atoms with Crippen LogP contribution in [0.1, 0.15) is 30.6 Å². The van der Waals surface area contributed by atoms with Gasteiger partial charge in [0.25, 0.3) is 5.91 Å². The minimum atomic E-state index is -4.57. The summed E-state index contributed by atoms with van der Waals surface area (Å²) in [5.41, 5.74) is -1.12. The fraction of sp³-hybridized carbons (Fsp3) is 0.400. The molecule has 0 unspecified atom stereocenters. The summed E-state index contributed by atoms with van der Waals surface area (Å²) in [6.45, 7) is 1.54. The Hall–Kier alpha value is -2.62. The van der Waals surface area contributed by atoms with Gasteiger partial charge in [-0.1, -0.05) is 12.1 Å². The maximum atomic E-state index is 12.5. The molecule has 25 heavy (non-hydrogen) atoms. The molecule has 0 aliphatic carbocycles. The normalized spacial score (nSPS) is 13.6. The molecule has 3 N–H and O–H groups in total. The average Bonchev–Trinajstić information content (AvgIpc) is 2.52. The molecule has 0 heterocycles. The molecule has 0 bridgehead atoms. The summed E-state index contributed by atoms with van der Waals surface area (Å²) in [7, 11) is 0. The Labute approximate surface area is 140 Å². The first-order valence-corrected chi connectivity index (χ1v) is 7.10. The highest BCUT2D eigenvalue weighted by atomic mass is 19.4. The number of carbonyl (C=O) groups is 3. The van der Waals surface area contributed by atoms with E-state index in [9.17, 15) is 32.7 Å². The minimum absolute atomic E-state index is 0.0211. The Kier molecular flexibility index (Phi) is 6.92. The number of halogens is 3. The zero-order valence-corrected chi connectivity index (χ0v) is 13.0. The lowest BCUT2D eigenvalue weighted by Crippen LogP contribution is -2.44. The first-order chi connectivity index (χ1) is 11.6. The molecule has 0 radical (unpaired) electrons. The predicted molar refractivity (Wildman–Crippen MR) is 77.2 cm³/mol. The van der Waals surface area contributed by atoms with Crippen molar-refractivity contribution in [2.45, 2.75) is 31.7 Å². The van der Waals surface area contributed by atoms with Crippen LogP contribution in [0.5, 0.6) is 0 Å². The van der Waals surface area contributed by atoms with E-state index in [1.165, 1.54) is 6.92 Å². The van der Waals surface area contributed by atoms with Gasteiger partial charge in [0.2, 0.25) is 0 Å². The molecule has 10 heteroatoms. The van der Waals surface area contributed by atoms with Gasteiger partial charge in [0.1, 0.15) is 6.04 Å². The molecule has 2 atom stereocenters. The Balaban J connectivity index is 2.80. The van der Waals surface area contributed by atoms with Crippen LogP contribution >= 0.6 is 0 Å². The Morgan fingerprint density at radius 2 is 1.76 bits per heavy atom. The van der Waals surface area contributed by atoms with Crippen LogP contribution in [0.4, 0.5) is 13.2 Å². The molecule has 1 aromatic rings. The summed E-state index contributed by atoms with van der Waals surface area (Å²) in [4.78, 5) is 34.2. The van der Waals surface area contributed by atoms with Gasteiger partial charge < -0.3 is 20.3 Å². The predicted octanol–water partition coefficient (Wildman–Crippen LogP) is 1.26. The van der Waals surface area contributed by atoms with Crippen molar-refractivity contribution in [3.05, 3.63) is 35.4 Å². The van der Waals surface area contributed by atoms with Crippen molar-refractivity contribution in [3.8, 4) is 0 Å². The van der Waals surface area contributed by atoms with Crippen LogP contribution in [0.3, 0.4) is 0 Å². The molecule has 0 aromatic heterocycles. The van der Waals surface area contributed by atoms with Crippen LogP contribution in [0.2, 0.25) is 0 Å². The quantitative estimate of drug-likeness (QED) is 0.629. The highest BCUT2D eigenvalue weighted by Gasteiger charge is 2.31. The van der Waals surface area contributed by atoms with Crippen molar-refractivity contribution in [3.63, 3.8) is 0 Å². The number of rotatable bonds is 7. The number of ether oxygens (including phenoxy) is 1. The van der Waals surface area contributed by atoms with Crippen molar-refractivity contribution < 1.29 is 42.5 Å². The summed E-state index contributed by atoms with van der Waals surface area (Å²) in [5.74, 6) is -3.56. The third kappa shape index (κ3) is 6.07. The van der Waals surface area contributed by atoms with E-state index in [2.05, 4.69) is 4.74 Å². The first kappa shape index (κ1) is 20.4. The van der Waals surface area contributed by atoms with E-state index in [0.29, 0.717) is 12.1 Å². The number of hydrogen-bond donors (Lipinski definition) is 3. The van der Waals surface area contributed by atoms with Crippen molar-refractivity contribution in [2.75, 3.05) is 6.61 Å². The maximum absolute atomic E-state index is 12.5. The second-order valence-electron chi connectivity index (χ2n) is 4.93. The van der Waals surface area contributed by atoms with Gasteiger partial charge in [0.15, 0.2) is 6.10 Å². The standard InChI is InChI=1S/C15H16F3NO6/c1-2-25-11(20)7-10(14(23)24)19-13(22)12(21)8-3-5-9(6-4-8)15(16,17)18/h3-6,10,12,21H,2,7H2,1H3,(H,19,22)(H,23,24)/t10-,12+/m1/s1. The van der Waals surface area contributed by atoms with Crippen molar-refractivity contribution in [1.29, 1.82) is 0 Å². The molecular formula is C15H16F3NO6. The van der Waals surface area contributed by atoms with E-state index in [1.807, 2.05) is 5.32 Å². The number of carboxylic acid groups (broad SMARTS) is 1. The fourth-order valence-corrected chi connectivity index (χ4v) is 1.84. The number of amides is 1. The molecule has 0 saturated carbocycles. The Morgan fingerprint density at radius 3 is 2.20 bits per heavy atom. The van der Waals surface area contributed by atoms with Crippen LogP contribution in [0.25, 0.3) is 0 Å². The molecule has 138 valence electrons. The number of aliphatic hydroxyl groups excluding tert-OH is 1. The van der Waals surface area contributed by atoms with E-state index in [4.69, 9.17) is 5.11 Å². The van der Waals surface area contributed by atoms with Crippen LogP contribution < -0.4 is 5.32 Å². The van der Waals surface area contributed by atoms with Crippen LogP contribution in [0, 0.1) is 0 Å². The second-order valence-corrected chi connectivity index (χ2v) is 4.93. The molecule has 0 aliphatic rings. The Bertz CT molecular complexity index is 629. The number of hydrogen-bond acceptors (Lipinski definition) is 5. The van der Waals surface area contributed by atoms with Gasteiger partial charge in [-0.05, 0) is 24.6 Å². The van der Waals surface area contributed by atoms with Crippen molar-refractivity contribution >= 4 is 17.8 Å². The summed E-state index contributed by atoms with van der Waals surface area (Å²) < 4.78 is 42.0. The van der Waals surface area contributed by atoms with E-state index < -0.39 is 48.2 Å². The SMILES string of the molecule is CCOC(=O)C[C@@H](NC(=O)[C@@H](O)c1ccc(C(F)(F)F)cc1)C(=O)O. The molecular weight excluding hydrogens is 347 g/mol. The van der Waals surface area contributed by atoms with Crippen LogP contribution in [0.15, 0.2) is 24.3 Å². The number of nitrogens with one attached hydrogen (secondary N) is 1. The van der Waals surface area contributed by atoms with Gasteiger partial charge in [-0.25, -0.2) is 4.79 Å². The average molecular weight is 363 g/mol. The number of esters is 1. The summed E-state index contributed by atoms with van der Waals surface area (Å²) in [5, 5.41) is 20.8. The van der Waals surface area contributed by atoms with E-state index >= 15 is 0 Å². The third-order valence-electron chi connectivity index (χ3n) is 3.09. The number of carboxylic acids is 1. The number of aliphatic carboxylic acids is 1. The monoisotopic (exact) mass is 363 g/mol. The first-order valence-electron chi connectivity index (χ1n) is 7.10. The smallest absolute Gasteiger partial charge is 0.416 e. The summed E-state index contributed by atoms with van der Waals surface area (Å²) in [6, 6.07) is 1.51. The van der Waals surface area contributed by atoms with Crippen LogP contribution in [-0.4, -0.2) is 40.7 Å². The van der Waals surface area contributed by atoms with Gasteiger partial charge in [-0.3, -0.25) is 9.59 Å². The van der Waals surface area contributed by atoms with Crippen molar-refractivity contribution in [2.24, 2.45) is 0 Å². The topological polar surface area (TPSA) is 113 Å². The van der Waals surface area contributed by atoms with Gasteiger partial charge in [-0.15, -0.1) is 0 Å². The van der Waals surface area contributed by atoms with Gasteiger partial charge in [0, 0.05) is 0 Å². The molecule has 0 fully saturated rings. The second kappa shape index (κ2) is 8.47. The van der Waals surface area contributed by atoms with Gasteiger partial charge in [0.05, 0.1) is 18.6 Å². The third-order valence-corrected chi connectivity index (χ3v) is 3.09. The number of benzene rings is 1. The lowest BCUT2D eigenvalue weighted by atomic mass is 10.1. The summed E-state index contributed by atoms with van der Waals surface area (Å²) >= 11 is 0. The molecule has 0 aliphatic heterocycles. The molecule has 1 rings (SSSR count). The minimum Gasteiger partial charge on any atom is -0.480 e. The van der Waals surface area contributed by atoms with E-state index in [1.54, 1.807) is 0 Å². The molecule has 0 saturated heterocycles. The van der Waals surface area contributed by atoms with Gasteiger partial charge >= 0.3 is 18.1 Å². The zero-order chi connectivity index (χ0) is 19.2. The van der Waals surface area contributed by atoms with Crippen molar-refractivity contribution in [1.82, 2.24) is 5.32 Å². The molecule has 7 nitrogen and oxygen atoms in total. The molecule has 1 amide bonds. The zero-order valence-electron chi connectivity index (χ0n) is 13.0. The highest BCUT2D eigenvalue weighted by molar-refractivity contribution is 5.89. The fourth-order valence-electron chi connectivity index (χ4n) is 1.84.